The SMILES string of the molecule is CCc1cnc(CNc2cc(C)ncc2C(=O)O)s1. The molecule has 100 valence electrons. The first-order chi connectivity index (χ1) is 9.10. The van der Waals surface area contributed by atoms with E-state index in [1.54, 1.807) is 17.4 Å². The lowest BCUT2D eigenvalue weighted by atomic mass is 10.2. The summed E-state index contributed by atoms with van der Waals surface area (Å²) in [6.45, 7) is 4.43. The molecule has 0 atom stereocenters. The molecule has 0 bridgehead atoms. The minimum absolute atomic E-state index is 0.179. The fourth-order valence-electron chi connectivity index (χ4n) is 1.64. The molecule has 0 aliphatic heterocycles. The van der Waals surface area contributed by atoms with Crippen molar-refractivity contribution in [1.29, 1.82) is 0 Å². The van der Waals surface area contributed by atoms with E-state index >= 15 is 0 Å². The molecule has 2 heterocycles. The maximum Gasteiger partial charge on any atom is 0.339 e. The number of carbonyl (C=O) groups is 1. The number of pyridine rings is 1. The van der Waals surface area contributed by atoms with Gasteiger partial charge in [-0.15, -0.1) is 11.3 Å². The first-order valence-corrected chi connectivity index (χ1v) is 6.79. The number of aryl methyl sites for hydroxylation is 2. The van der Waals surface area contributed by atoms with Gasteiger partial charge in [0.15, 0.2) is 0 Å². The van der Waals surface area contributed by atoms with Gasteiger partial charge in [0.1, 0.15) is 10.6 Å². The van der Waals surface area contributed by atoms with Crippen LogP contribution in [0.4, 0.5) is 5.69 Å². The van der Waals surface area contributed by atoms with Crippen molar-refractivity contribution >= 4 is 23.0 Å². The predicted molar refractivity (Wildman–Crippen MR) is 74.8 cm³/mol. The summed E-state index contributed by atoms with van der Waals surface area (Å²) in [5, 5.41) is 13.2. The Bertz CT molecular complexity index is 595. The minimum Gasteiger partial charge on any atom is -0.478 e. The van der Waals surface area contributed by atoms with Crippen molar-refractivity contribution in [3.05, 3.63) is 39.6 Å². The molecule has 0 amide bonds. The Morgan fingerprint density at radius 3 is 2.84 bits per heavy atom. The number of carboxylic acid groups (broad SMARTS) is 1. The van der Waals surface area contributed by atoms with Crippen LogP contribution in [0.15, 0.2) is 18.5 Å². The normalized spacial score (nSPS) is 10.4. The third-order valence-electron chi connectivity index (χ3n) is 2.65. The zero-order valence-corrected chi connectivity index (χ0v) is 11.6. The van der Waals surface area contributed by atoms with Crippen LogP contribution < -0.4 is 5.32 Å². The van der Waals surface area contributed by atoms with Crippen LogP contribution in [0.5, 0.6) is 0 Å². The van der Waals surface area contributed by atoms with E-state index in [1.165, 1.54) is 11.1 Å². The van der Waals surface area contributed by atoms with Crippen LogP contribution in [0.2, 0.25) is 0 Å². The highest BCUT2D eigenvalue weighted by molar-refractivity contribution is 7.11. The summed E-state index contributed by atoms with van der Waals surface area (Å²) in [5.74, 6) is -0.983. The maximum atomic E-state index is 11.1. The Morgan fingerprint density at radius 2 is 2.21 bits per heavy atom. The minimum atomic E-state index is -0.983. The summed E-state index contributed by atoms with van der Waals surface area (Å²) >= 11 is 1.63. The van der Waals surface area contributed by atoms with Crippen molar-refractivity contribution in [2.45, 2.75) is 26.8 Å². The molecule has 2 aromatic heterocycles. The Kier molecular flexibility index (Phi) is 4.11. The third-order valence-corrected chi connectivity index (χ3v) is 3.79. The Hall–Kier alpha value is -1.95. The van der Waals surface area contributed by atoms with Crippen LogP contribution in [0.25, 0.3) is 0 Å². The van der Waals surface area contributed by atoms with Crippen molar-refractivity contribution in [3.63, 3.8) is 0 Å². The Labute approximate surface area is 115 Å². The number of aromatic nitrogens is 2. The van der Waals surface area contributed by atoms with Crippen molar-refractivity contribution in [1.82, 2.24) is 9.97 Å². The van der Waals surface area contributed by atoms with Crippen LogP contribution in [-0.4, -0.2) is 21.0 Å². The van der Waals surface area contributed by atoms with Crippen molar-refractivity contribution < 1.29 is 9.90 Å². The summed E-state index contributed by atoms with van der Waals surface area (Å²) in [6, 6.07) is 1.73. The van der Waals surface area contributed by atoms with E-state index in [-0.39, 0.29) is 5.56 Å². The number of thiazole rings is 1. The van der Waals surface area contributed by atoms with Gasteiger partial charge in [-0.25, -0.2) is 9.78 Å². The van der Waals surface area contributed by atoms with Gasteiger partial charge in [-0.1, -0.05) is 6.92 Å². The van der Waals surface area contributed by atoms with Gasteiger partial charge in [0.25, 0.3) is 0 Å². The molecule has 5 nitrogen and oxygen atoms in total. The van der Waals surface area contributed by atoms with Crippen LogP contribution >= 0.6 is 11.3 Å². The Morgan fingerprint density at radius 1 is 1.42 bits per heavy atom. The van der Waals surface area contributed by atoms with Crippen LogP contribution in [0, 0.1) is 6.92 Å². The lowest BCUT2D eigenvalue weighted by Gasteiger charge is -2.08. The first-order valence-electron chi connectivity index (χ1n) is 5.97. The molecular formula is C13H15N3O2S. The smallest absolute Gasteiger partial charge is 0.339 e. The van der Waals surface area contributed by atoms with Crippen LogP contribution in [-0.2, 0) is 13.0 Å². The quantitative estimate of drug-likeness (QED) is 0.879. The number of nitrogens with one attached hydrogen (secondary N) is 1. The van der Waals surface area contributed by atoms with E-state index < -0.39 is 5.97 Å². The second-order valence-electron chi connectivity index (χ2n) is 4.10. The van der Waals surface area contributed by atoms with Gasteiger partial charge in [0.2, 0.25) is 0 Å². The number of anilines is 1. The average Bonchev–Trinajstić information content (AvgIpc) is 2.84. The number of hydrogen-bond donors (Lipinski definition) is 2. The molecule has 2 rings (SSSR count). The van der Waals surface area contributed by atoms with Crippen molar-refractivity contribution in [2.75, 3.05) is 5.32 Å². The van der Waals surface area contributed by atoms with Gasteiger partial charge >= 0.3 is 5.97 Å². The fourth-order valence-corrected chi connectivity index (χ4v) is 2.44. The predicted octanol–water partition coefficient (Wildman–Crippen LogP) is 2.72. The summed E-state index contributed by atoms with van der Waals surface area (Å²) in [4.78, 5) is 20.6. The molecule has 0 aliphatic carbocycles. The van der Waals surface area contributed by atoms with Gasteiger partial charge in [0.05, 0.1) is 12.2 Å². The zero-order chi connectivity index (χ0) is 13.8. The first kappa shape index (κ1) is 13.5. The topological polar surface area (TPSA) is 75.1 Å². The summed E-state index contributed by atoms with van der Waals surface area (Å²) in [5.41, 5.74) is 1.53. The molecule has 0 saturated heterocycles. The maximum absolute atomic E-state index is 11.1. The highest BCUT2D eigenvalue weighted by Gasteiger charge is 2.11. The fraction of sp³-hybridized carbons (Fsp3) is 0.308. The monoisotopic (exact) mass is 277 g/mol. The lowest BCUT2D eigenvalue weighted by molar-refractivity contribution is 0.0697. The van der Waals surface area contributed by atoms with Gasteiger partial charge in [-0.3, -0.25) is 4.98 Å². The molecule has 0 saturated carbocycles. The molecule has 0 aliphatic rings. The molecule has 2 aromatic rings. The van der Waals surface area contributed by atoms with E-state index in [2.05, 4.69) is 22.2 Å². The molecule has 6 heteroatoms. The van der Waals surface area contributed by atoms with E-state index in [0.29, 0.717) is 12.2 Å². The van der Waals surface area contributed by atoms with Crippen molar-refractivity contribution in [3.8, 4) is 0 Å². The van der Waals surface area contributed by atoms with Crippen LogP contribution in [0.1, 0.15) is 32.9 Å². The summed E-state index contributed by atoms with van der Waals surface area (Å²) in [6.07, 6.45) is 4.20. The number of carboxylic acids is 1. The number of nitrogens with zero attached hydrogens (tertiary/aromatic N) is 2. The zero-order valence-electron chi connectivity index (χ0n) is 10.8. The highest BCUT2D eigenvalue weighted by atomic mass is 32.1. The summed E-state index contributed by atoms with van der Waals surface area (Å²) in [7, 11) is 0. The number of hydrogen-bond acceptors (Lipinski definition) is 5. The molecule has 2 N–H and O–H groups in total. The molecule has 0 aromatic carbocycles. The van der Waals surface area contributed by atoms with Crippen molar-refractivity contribution in [2.24, 2.45) is 0 Å². The van der Waals surface area contributed by atoms with Gasteiger partial charge in [0, 0.05) is 23.0 Å². The molecule has 0 radical (unpaired) electrons. The average molecular weight is 277 g/mol. The van der Waals surface area contributed by atoms with Gasteiger partial charge in [-0.05, 0) is 19.4 Å². The molecule has 0 unspecified atom stereocenters. The van der Waals surface area contributed by atoms with E-state index in [0.717, 1.165) is 17.1 Å². The molecule has 0 fully saturated rings. The number of aromatic carboxylic acids is 1. The van der Waals surface area contributed by atoms with E-state index in [4.69, 9.17) is 5.11 Å². The summed E-state index contributed by atoms with van der Waals surface area (Å²) < 4.78 is 0. The number of rotatable bonds is 5. The highest BCUT2D eigenvalue weighted by Crippen LogP contribution is 2.19. The largest absolute Gasteiger partial charge is 0.478 e. The lowest BCUT2D eigenvalue weighted by Crippen LogP contribution is -2.07. The van der Waals surface area contributed by atoms with Gasteiger partial charge in [-0.2, -0.15) is 0 Å². The third kappa shape index (κ3) is 3.29. The van der Waals surface area contributed by atoms with E-state index in [1.807, 2.05) is 13.1 Å². The second-order valence-corrected chi connectivity index (χ2v) is 5.30. The molecular weight excluding hydrogens is 262 g/mol. The standard InChI is InChI=1S/C13H15N3O2S/c1-3-9-5-16-12(19-9)7-15-11-4-8(2)14-6-10(11)13(17)18/h4-6H,3,7H2,1-2H3,(H,14,15)(H,17,18). The van der Waals surface area contributed by atoms with Gasteiger partial charge < -0.3 is 10.4 Å². The van der Waals surface area contributed by atoms with Crippen LogP contribution in [0.3, 0.4) is 0 Å². The Balaban J connectivity index is 2.14. The molecule has 0 spiro atoms. The molecule has 19 heavy (non-hydrogen) atoms. The second kappa shape index (κ2) is 5.79. The van der Waals surface area contributed by atoms with E-state index in [9.17, 15) is 4.79 Å².